The fourth-order valence-corrected chi connectivity index (χ4v) is 2.79. The summed E-state index contributed by atoms with van der Waals surface area (Å²) in [6.45, 7) is 0. The number of hydrogen-bond donors (Lipinski definition) is 2. The first-order valence-electron chi connectivity index (χ1n) is 4.64. The molecule has 0 radical (unpaired) electrons. The molecule has 0 saturated carbocycles. The van der Waals surface area contributed by atoms with Gasteiger partial charge in [-0.15, -0.1) is 11.3 Å². The minimum atomic E-state index is -0.960. The lowest BCUT2D eigenvalue weighted by Crippen LogP contribution is -2.32. The average molecular weight is 257 g/mol. The van der Waals surface area contributed by atoms with Gasteiger partial charge in [0, 0.05) is 29.3 Å². The monoisotopic (exact) mass is 257 g/mol. The number of carboxylic acids is 1. The van der Waals surface area contributed by atoms with Gasteiger partial charge >= 0.3 is 5.97 Å². The third-order valence-corrected chi connectivity index (χ3v) is 3.87. The Morgan fingerprint density at radius 2 is 2.56 bits per heavy atom. The lowest BCUT2D eigenvalue weighted by atomic mass is 10.4. The van der Waals surface area contributed by atoms with E-state index in [1.54, 1.807) is 11.3 Å². The van der Waals surface area contributed by atoms with Crippen LogP contribution >= 0.6 is 23.1 Å². The Morgan fingerprint density at radius 3 is 3.25 bits per heavy atom. The fraction of sp³-hybridized carbons (Fsp3) is 0.333. The predicted molar refractivity (Wildman–Crippen MR) is 64.8 cm³/mol. The van der Waals surface area contributed by atoms with E-state index in [-0.39, 0.29) is 0 Å². The molecule has 0 fully saturated rings. The van der Waals surface area contributed by atoms with Gasteiger partial charge < -0.3 is 10.8 Å². The van der Waals surface area contributed by atoms with Crippen molar-refractivity contribution in [3.8, 4) is 0 Å². The summed E-state index contributed by atoms with van der Waals surface area (Å²) < 4.78 is 1.96. The molecule has 0 aliphatic carbocycles. The number of nitrogens with zero attached hydrogens (tertiary/aromatic N) is 2. The molecule has 0 aliphatic heterocycles. The SMILES string of the molecule is NC(CSCc1cn2ccsc2n1)C(=O)O. The molecule has 86 valence electrons. The lowest BCUT2D eigenvalue weighted by molar-refractivity contribution is -0.137. The van der Waals surface area contributed by atoms with Crippen molar-refractivity contribution in [2.75, 3.05) is 5.75 Å². The fourth-order valence-electron chi connectivity index (χ4n) is 1.21. The van der Waals surface area contributed by atoms with Gasteiger partial charge in [0.2, 0.25) is 0 Å². The molecule has 0 amide bonds. The molecule has 2 rings (SSSR count). The van der Waals surface area contributed by atoms with E-state index < -0.39 is 12.0 Å². The number of hydrogen-bond acceptors (Lipinski definition) is 5. The summed E-state index contributed by atoms with van der Waals surface area (Å²) >= 11 is 3.06. The van der Waals surface area contributed by atoms with Gasteiger partial charge in [-0.25, -0.2) is 4.98 Å². The highest BCUT2D eigenvalue weighted by atomic mass is 32.2. The molecule has 0 spiro atoms. The summed E-state index contributed by atoms with van der Waals surface area (Å²) in [5.41, 5.74) is 6.34. The number of fused-ring (bicyclic) bond motifs is 1. The quantitative estimate of drug-likeness (QED) is 0.836. The van der Waals surface area contributed by atoms with Crippen LogP contribution in [0, 0.1) is 0 Å². The molecule has 2 aromatic rings. The maximum Gasteiger partial charge on any atom is 0.321 e. The van der Waals surface area contributed by atoms with Crippen molar-refractivity contribution in [2.24, 2.45) is 5.73 Å². The molecule has 2 aromatic heterocycles. The van der Waals surface area contributed by atoms with Crippen molar-refractivity contribution in [1.82, 2.24) is 9.38 Å². The van der Waals surface area contributed by atoms with Crippen molar-refractivity contribution < 1.29 is 9.90 Å². The summed E-state index contributed by atoms with van der Waals surface area (Å²) in [5, 5.41) is 10.6. The van der Waals surface area contributed by atoms with Crippen LogP contribution in [0.2, 0.25) is 0 Å². The minimum absolute atomic E-state index is 0.403. The molecule has 3 N–H and O–H groups in total. The van der Waals surface area contributed by atoms with Crippen LogP contribution in [0.5, 0.6) is 0 Å². The molecule has 1 unspecified atom stereocenters. The Hall–Kier alpha value is -1.05. The number of carboxylic acid groups (broad SMARTS) is 1. The Balaban J connectivity index is 1.86. The van der Waals surface area contributed by atoms with E-state index in [1.165, 1.54) is 11.8 Å². The minimum Gasteiger partial charge on any atom is -0.480 e. The van der Waals surface area contributed by atoms with Crippen LogP contribution in [0.15, 0.2) is 17.8 Å². The normalized spacial score (nSPS) is 13.1. The van der Waals surface area contributed by atoms with Crippen molar-refractivity contribution in [1.29, 1.82) is 0 Å². The third kappa shape index (κ3) is 2.55. The van der Waals surface area contributed by atoms with Crippen LogP contribution in [0.4, 0.5) is 0 Å². The lowest BCUT2D eigenvalue weighted by Gasteiger charge is -2.03. The Bertz CT molecular complexity index is 465. The molecular formula is C9H11N3O2S2. The molecule has 0 saturated heterocycles. The second-order valence-corrected chi connectivity index (χ2v) is 5.19. The zero-order chi connectivity index (χ0) is 11.5. The number of aromatic nitrogens is 2. The van der Waals surface area contributed by atoms with Crippen molar-refractivity contribution >= 4 is 34.0 Å². The average Bonchev–Trinajstić information content (AvgIpc) is 2.77. The molecule has 0 bridgehead atoms. The van der Waals surface area contributed by atoms with Crippen LogP contribution < -0.4 is 5.73 Å². The highest BCUT2D eigenvalue weighted by molar-refractivity contribution is 7.98. The second kappa shape index (κ2) is 4.86. The number of thioether (sulfide) groups is 1. The van der Waals surface area contributed by atoms with Crippen LogP contribution in [0.3, 0.4) is 0 Å². The second-order valence-electron chi connectivity index (χ2n) is 3.28. The summed E-state index contributed by atoms with van der Waals surface area (Å²) in [6, 6.07) is -0.797. The number of rotatable bonds is 5. The van der Waals surface area contributed by atoms with Crippen LogP contribution in [0.25, 0.3) is 4.96 Å². The first-order chi connectivity index (χ1) is 7.66. The van der Waals surface area contributed by atoms with Crippen molar-refractivity contribution in [3.63, 3.8) is 0 Å². The number of nitrogens with two attached hydrogens (primary N) is 1. The molecular weight excluding hydrogens is 246 g/mol. The van der Waals surface area contributed by atoms with E-state index in [9.17, 15) is 4.79 Å². The highest BCUT2D eigenvalue weighted by Crippen LogP contribution is 2.16. The standard InChI is InChI=1S/C9H11N3O2S2/c10-7(8(13)14)5-15-4-6-3-12-1-2-16-9(12)11-6/h1-3,7H,4-5,10H2,(H,13,14). The number of imidazole rings is 1. The topological polar surface area (TPSA) is 80.6 Å². The van der Waals surface area contributed by atoms with Crippen LogP contribution in [-0.4, -0.2) is 32.3 Å². The maximum atomic E-state index is 10.5. The van der Waals surface area contributed by atoms with E-state index >= 15 is 0 Å². The smallest absolute Gasteiger partial charge is 0.321 e. The molecule has 0 aliphatic rings. The Morgan fingerprint density at radius 1 is 1.75 bits per heavy atom. The molecule has 7 heteroatoms. The molecule has 0 aromatic carbocycles. The van der Waals surface area contributed by atoms with Gasteiger partial charge in [0.1, 0.15) is 6.04 Å². The number of aliphatic carboxylic acids is 1. The van der Waals surface area contributed by atoms with E-state index in [2.05, 4.69) is 4.98 Å². The molecule has 1 atom stereocenters. The third-order valence-electron chi connectivity index (χ3n) is 2.01. The van der Waals surface area contributed by atoms with Crippen LogP contribution in [-0.2, 0) is 10.5 Å². The molecule has 16 heavy (non-hydrogen) atoms. The van der Waals surface area contributed by atoms with Gasteiger partial charge in [-0.1, -0.05) is 0 Å². The van der Waals surface area contributed by atoms with Gasteiger partial charge in [0.25, 0.3) is 0 Å². The summed E-state index contributed by atoms with van der Waals surface area (Å²) in [7, 11) is 0. The molecule has 5 nitrogen and oxygen atoms in total. The summed E-state index contributed by atoms with van der Waals surface area (Å²) in [5.74, 6) is 0.133. The van der Waals surface area contributed by atoms with Gasteiger partial charge in [-0.2, -0.15) is 11.8 Å². The van der Waals surface area contributed by atoms with E-state index in [4.69, 9.17) is 10.8 Å². The summed E-state index contributed by atoms with van der Waals surface area (Å²) in [4.78, 5) is 15.8. The first-order valence-corrected chi connectivity index (χ1v) is 6.67. The molecule has 2 heterocycles. The zero-order valence-corrected chi connectivity index (χ0v) is 10.0. The maximum absolute atomic E-state index is 10.5. The number of thiazole rings is 1. The largest absolute Gasteiger partial charge is 0.480 e. The van der Waals surface area contributed by atoms with Gasteiger partial charge in [0.15, 0.2) is 4.96 Å². The zero-order valence-electron chi connectivity index (χ0n) is 8.37. The first kappa shape index (κ1) is 11.4. The van der Waals surface area contributed by atoms with E-state index in [0.29, 0.717) is 11.5 Å². The van der Waals surface area contributed by atoms with Gasteiger partial charge in [0.05, 0.1) is 5.69 Å². The van der Waals surface area contributed by atoms with Crippen LogP contribution in [0.1, 0.15) is 5.69 Å². The van der Waals surface area contributed by atoms with Gasteiger partial charge in [-0.05, 0) is 0 Å². The van der Waals surface area contributed by atoms with Gasteiger partial charge in [-0.3, -0.25) is 9.20 Å². The van der Waals surface area contributed by atoms with E-state index in [1.807, 2.05) is 22.2 Å². The van der Waals surface area contributed by atoms with E-state index in [0.717, 1.165) is 10.7 Å². The van der Waals surface area contributed by atoms with Crippen molar-refractivity contribution in [3.05, 3.63) is 23.5 Å². The Kier molecular flexibility index (Phi) is 3.47. The number of carbonyl (C=O) groups is 1. The predicted octanol–water partition coefficient (Wildman–Crippen LogP) is 1.04. The van der Waals surface area contributed by atoms with Crippen molar-refractivity contribution in [2.45, 2.75) is 11.8 Å². The Labute approximate surface area is 100 Å². The highest BCUT2D eigenvalue weighted by Gasteiger charge is 2.11. The summed E-state index contributed by atoms with van der Waals surface area (Å²) in [6.07, 6.45) is 3.90.